The zero-order valence-electron chi connectivity index (χ0n) is 18.3. The molecule has 0 bridgehead atoms. The molecular weight excluding hydrogens is 423 g/mol. The number of hydrogen-bond acceptors (Lipinski definition) is 5. The molecular formula is C22H30F3N5O2. The maximum atomic E-state index is 13.1. The Bertz CT molecular complexity index is 887. The van der Waals surface area contributed by atoms with Crippen LogP contribution in [0.5, 0.6) is 0 Å². The molecule has 1 aromatic rings. The first kappa shape index (κ1) is 22.9. The number of halogens is 3. The van der Waals surface area contributed by atoms with Crippen LogP contribution in [0.2, 0.25) is 0 Å². The van der Waals surface area contributed by atoms with Gasteiger partial charge in [-0.3, -0.25) is 9.59 Å². The van der Waals surface area contributed by atoms with Gasteiger partial charge in [0.2, 0.25) is 11.8 Å². The second kappa shape index (κ2) is 8.96. The van der Waals surface area contributed by atoms with Crippen molar-refractivity contribution in [3.8, 4) is 0 Å². The van der Waals surface area contributed by atoms with Crippen LogP contribution in [0.3, 0.4) is 0 Å². The van der Waals surface area contributed by atoms with Crippen LogP contribution in [0.15, 0.2) is 0 Å². The second-order valence-electron chi connectivity index (χ2n) is 9.49. The Morgan fingerprint density at radius 2 is 1.97 bits per heavy atom. The number of likely N-dealkylation sites (tertiary alicyclic amines) is 1. The largest absolute Gasteiger partial charge is 0.394 e. The molecule has 176 valence electrons. The molecule has 2 aliphatic heterocycles. The number of carbonyl (C=O) groups is 2. The summed E-state index contributed by atoms with van der Waals surface area (Å²) in [6.45, 7) is 3.57. The number of hydrogen-bond donors (Lipinski definition) is 1. The first-order valence-electron chi connectivity index (χ1n) is 11.4. The lowest BCUT2D eigenvalue weighted by Gasteiger charge is -2.34. The molecule has 2 amide bonds. The van der Waals surface area contributed by atoms with Crippen molar-refractivity contribution in [1.29, 1.82) is 0 Å². The van der Waals surface area contributed by atoms with E-state index in [0.717, 1.165) is 19.3 Å². The molecule has 0 aromatic carbocycles. The van der Waals surface area contributed by atoms with Gasteiger partial charge in [0.05, 0.1) is 24.4 Å². The molecule has 1 saturated carbocycles. The molecule has 3 heterocycles. The molecule has 2 atom stereocenters. The van der Waals surface area contributed by atoms with Crippen LogP contribution < -0.4 is 5.73 Å². The number of carbonyl (C=O) groups excluding carboxylic acids is 2. The Labute approximate surface area is 185 Å². The number of nitrogens with two attached hydrogens (primary N) is 1. The normalized spacial score (nSPS) is 22.7. The van der Waals surface area contributed by atoms with E-state index in [1.807, 2.05) is 0 Å². The molecule has 3 aliphatic rings. The quantitative estimate of drug-likeness (QED) is 0.714. The zero-order valence-corrected chi connectivity index (χ0v) is 18.3. The molecule has 1 aromatic heterocycles. The van der Waals surface area contributed by atoms with Crippen molar-refractivity contribution in [2.45, 2.75) is 76.6 Å². The fraction of sp³-hybridized carbons (Fsp3) is 0.727. The summed E-state index contributed by atoms with van der Waals surface area (Å²) in [5.74, 6) is 0.910. The van der Waals surface area contributed by atoms with Crippen molar-refractivity contribution in [3.63, 3.8) is 0 Å². The van der Waals surface area contributed by atoms with Crippen LogP contribution in [-0.2, 0) is 29.0 Å². The van der Waals surface area contributed by atoms with E-state index in [-0.39, 0.29) is 36.4 Å². The molecule has 1 unspecified atom stereocenters. The highest BCUT2D eigenvalue weighted by molar-refractivity contribution is 5.78. The molecule has 2 fully saturated rings. The van der Waals surface area contributed by atoms with Gasteiger partial charge in [-0.2, -0.15) is 13.2 Å². The molecule has 2 N–H and O–H groups in total. The van der Waals surface area contributed by atoms with Gasteiger partial charge < -0.3 is 15.5 Å². The molecule has 0 spiro atoms. The van der Waals surface area contributed by atoms with Gasteiger partial charge in [0.15, 0.2) is 0 Å². The van der Waals surface area contributed by atoms with Gasteiger partial charge in [-0.15, -0.1) is 0 Å². The highest BCUT2D eigenvalue weighted by Crippen LogP contribution is 2.39. The van der Waals surface area contributed by atoms with E-state index in [4.69, 9.17) is 5.73 Å². The third-order valence-electron chi connectivity index (χ3n) is 6.46. The summed E-state index contributed by atoms with van der Waals surface area (Å²) < 4.78 is 39.3. The van der Waals surface area contributed by atoms with Crippen molar-refractivity contribution in [2.24, 2.45) is 11.7 Å². The Morgan fingerprint density at radius 3 is 2.66 bits per heavy atom. The highest BCUT2D eigenvalue weighted by atomic mass is 19.4. The van der Waals surface area contributed by atoms with Gasteiger partial charge in [-0.1, -0.05) is 6.92 Å². The molecule has 10 heteroatoms. The maximum absolute atomic E-state index is 13.1. The van der Waals surface area contributed by atoms with Crippen LogP contribution >= 0.6 is 0 Å². The minimum atomic E-state index is -4.34. The Balaban J connectivity index is 1.42. The lowest BCUT2D eigenvalue weighted by atomic mass is 9.98. The Morgan fingerprint density at radius 1 is 1.22 bits per heavy atom. The third kappa shape index (κ3) is 5.57. The number of piperidine rings is 1. The first-order chi connectivity index (χ1) is 15.1. The van der Waals surface area contributed by atoms with Gasteiger partial charge in [0.1, 0.15) is 5.82 Å². The van der Waals surface area contributed by atoms with Crippen molar-refractivity contribution < 1.29 is 22.8 Å². The van der Waals surface area contributed by atoms with E-state index in [2.05, 4.69) is 16.9 Å². The minimum absolute atomic E-state index is 0.0472. The SMILES string of the molecule is CC1CCC(=O)N(C[C@@H](N)CC(=O)N2CCc3c(nc(C4CC4)nc3CC(F)(F)F)C2)C1. The summed E-state index contributed by atoms with van der Waals surface area (Å²) in [5.41, 5.74) is 7.28. The van der Waals surface area contributed by atoms with Gasteiger partial charge >= 0.3 is 6.18 Å². The molecule has 1 aliphatic carbocycles. The predicted octanol–water partition coefficient (Wildman–Crippen LogP) is 2.32. The highest BCUT2D eigenvalue weighted by Gasteiger charge is 2.36. The molecule has 1 saturated heterocycles. The average Bonchev–Trinajstić information content (AvgIpc) is 3.54. The fourth-order valence-electron chi connectivity index (χ4n) is 4.58. The number of rotatable bonds is 6. The Hall–Kier alpha value is -2.23. The summed E-state index contributed by atoms with van der Waals surface area (Å²) in [5, 5.41) is 0. The van der Waals surface area contributed by atoms with E-state index in [0.29, 0.717) is 55.5 Å². The second-order valence-corrected chi connectivity index (χ2v) is 9.49. The zero-order chi connectivity index (χ0) is 23.0. The molecule has 7 nitrogen and oxygen atoms in total. The summed E-state index contributed by atoms with van der Waals surface area (Å²) in [6.07, 6.45) is -1.88. The monoisotopic (exact) mass is 453 g/mol. The summed E-state index contributed by atoms with van der Waals surface area (Å²) >= 11 is 0. The number of nitrogens with zero attached hydrogens (tertiary/aromatic N) is 4. The van der Waals surface area contributed by atoms with Crippen molar-refractivity contribution in [3.05, 3.63) is 22.8 Å². The maximum Gasteiger partial charge on any atom is 0.394 e. The molecule has 0 radical (unpaired) electrons. The van der Waals surface area contributed by atoms with E-state index in [1.54, 1.807) is 9.80 Å². The number of fused-ring (bicyclic) bond motifs is 1. The van der Waals surface area contributed by atoms with Gasteiger partial charge in [-0.05, 0) is 37.2 Å². The van der Waals surface area contributed by atoms with Crippen molar-refractivity contribution >= 4 is 11.8 Å². The number of amides is 2. The van der Waals surface area contributed by atoms with Crippen LogP contribution in [0, 0.1) is 5.92 Å². The lowest BCUT2D eigenvalue weighted by Crippen LogP contribution is -2.48. The summed E-state index contributed by atoms with van der Waals surface area (Å²) in [7, 11) is 0. The smallest absolute Gasteiger partial charge is 0.341 e. The third-order valence-corrected chi connectivity index (χ3v) is 6.46. The Kier molecular flexibility index (Phi) is 6.42. The van der Waals surface area contributed by atoms with E-state index in [9.17, 15) is 22.8 Å². The molecule has 4 rings (SSSR count). The first-order valence-corrected chi connectivity index (χ1v) is 11.4. The van der Waals surface area contributed by atoms with Crippen LogP contribution in [0.25, 0.3) is 0 Å². The van der Waals surface area contributed by atoms with Crippen molar-refractivity contribution in [2.75, 3.05) is 19.6 Å². The minimum Gasteiger partial charge on any atom is -0.341 e. The van der Waals surface area contributed by atoms with Crippen molar-refractivity contribution in [1.82, 2.24) is 19.8 Å². The number of alkyl halides is 3. The van der Waals surface area contributed by atoms with Crippen LogP contribution in [-0.4, -0.2) is 63.4 Å². The van der Waals surface area contributed by atoms with Crippen LogP contribution in [0.1, 0.15) is 67.7 Å². The molecule has 32 heavy (non-hydrogen) atoms. The van der Waals surface area contributed by atoms with Gasteiger partial charge in [-0.25, -0.2) is 9.97 Å². The van der Waals surface area contributed by atoms with E-state index < -0.39 is 18.6 Å². The fourth-order valence-corrected chi connectivity index (χ4v) is 4.58. The summed E-state index contributed by atoms with van der Waals surface area (Å²) in [6, 6.07) is -0.480. The van der Waals surface area contributed by atoms with E-state index >= 15 is 0 Å². The van der Waals surface area contributed by atoms with Gasteiger partial charge in [0.25, 0.3) is 0 Å². The standard InChI is InChI=1S/C22H30F3N5O2/c1-13-2-5-19(31)30(10-13)11-15(26)8-20(32)29-7-6-16-17(9-22(23,24)25)27-21(14-3-4-14)28-18(16)12-29/h13-15H,2-12,26H2,1H3/t13?,15-/m0/s1. The van der Waals surface area contributed by atoms with Crippen LogP contribution in [0.4, 0.5) is 13.2 Å². The predicted molar refractivity (Wildman–Crippen MR) is 110 cm³/mol. The lowest BCUT2D eigenvalue weighted by molar-refractivity contribution is -0.137. The summed E-state index contributed by atoms with van der Waals surface area (Å²) in [4.78, 5) is 37.1. The average molecular weight is 454 g/mol. The number of aromatic nitrogens is 2. The van der Waals surface area contributed by atoms with Gasteiger partial charge in [0, 0.05) is 44.4 Å². The van der Waals surface area contributed by atoms with E-state index in [1.165, 1.54) is 0 Å². The topological polar surface area (TPSA) is 92.4 Å².